The highest BCUT2D eigenvalue weighted by atomic mass is 28.3. The van der Waals surface area contributed by atoms with Crippen LogP contribution in [0.2, 0.25) is 13.1 Å². The molecule has 6 rings (SSSR count). The van der Waals surface area contributed by atoms with Gasteiger partial charge in [-0.2, -0.15) is 18.2 Å². The molecule has 1 aliphatic heterocycles. The van der Waals surface area contributed by atoms with Crippen LogP contribution in [0.1, 0.15) is 48.7 Å². The van der Waals surface area contributed by atoms with Crippen LogP contribution in [0, 0.1) is 5.82 Å². The molecule has 0 radical (unpaired) electrons. The zero-order chi connectivity index (χ0) is 40.0. The van der Waals surface area contributed by atoms with Gasteiger partial charge in [-0.25, -0.2) is 18.7 Å². The summed E-state index contributed by atoms with van der Waals surface area (Å²) in [6.07, 6.45) is 1.44. The lowest BCUT2D eigenvalue weighted by Crippen LogP contribution is -2.49. The minimum atomic E-state index is -4.76. The van der Waals surface area contributed by atoms with E-state index < -0.39 is 49.5 Å². The van der Waals surface area contributed by atoms with Gasteiger partial charge in [-0.15, -0.1) is 0 Å². The maximum absolute atomic E-state index is 15.2. The number of nitrogens with one attached hydrogen (secondary N) is 1. The van der Waals surface area contributed by atoms with Crippen LogP contribution < -0.4 is 25.9 Å². The van der Waals surface area contributed by atoms with Gasteiger partial charge >= 0.3 is 12.1 Å². The monoisotopic (exact) mass is 771 g/mol. The van der Waals surface area contributed by atoms with E-state index >= 15 is 4.39 Å². The number of carbonyl (C=O) groups excluding carboxylic acids is 1. The third-order valence-corrected chi connectivity index (χ3v) is 13.2. The smallest absolute Gasteiger partial charge is 0.433 e. The van der Waals surface area contributed by atoms with Gasteiger partial charge in [0, 0.05) is 55.7 Å². The molecule has 1 amide bonds. The number of nitrogens with zero attached hydrogens (tertiary/aromatic N) is 4. The Morgan fingerprint density at radius 3 is 2.38 bits per heavy atom. The van der Waals surface area contributed by atoms with Gasteiger partial charge in [0.25, 0.3) is 5.91 Å². The second-order valence-corrected chi connectivity index (χ2v) is 18.5. The van der Waals surface area contributed by atoms with Gasteiger partial charge in [0.1, 0.15) is 34.6 Å². The summed E-state index contributed by atoms with van der Waals surface area (Å²) in [6.45, 7) is 4.04. The quantitative estimate of drug-likeness (QED) is 0.108. The number of benzene rings is 3. The van der Waals surface area contributed by atoms with Crippen molar-refractivity contribution in [3.05, 3.63) is 135 Å². The van der Waals surface area contributed by atoms with Crippen molar-refractivity contribution in [2.24, 2.45) is 0 Å². The zero-order valence-corrected chi connectivity index (χ0v) is 32.0. The number of anilines is 2. The summed E-state index contributed by atoms with van der Waals surface area (Å²) in [5, 5.41) is 15.4. The molecule has 2 aliphatic rings. The van der Waals surface area contributed by atoms with Crippen LogP contribution in [0.5, 0.6) is 5.88 Å². The van der Waals surface area contributed by atoms with E-state index in [2.05, 4.69) is 40.5 Å². The Morgan fingerprint density at radius 2 is 1.73 bits per heavy atom. The van der Waals surface area contributed by atoms with Crippen LogP contribution in [0.4, 0.5) is 29.2 Å². The number of allylic oxidation sites excluding steroid dienone is 5. The first kappa shape index (κ1) is 38.6. The van der Waals surface area contributed by atoms with Gasteiger partial charge in [0.05, 0.1) is 5.56 Å². The van der Waals surface area contributed by atoms with E-state index in [1.165, 1.54) is 24.3 Å². The number of aromatic nitrogens is 2. The highest BCUT2D eigenvalue weighted by molar-refractivity contribution is 6.98. The second-order valence-electron chi connectivity index (χ2n) is 14.2. The van der Waals surface area contributed by atoms with Crippen LogP contribution in [0.3, 0.4) is 0 Å². The first-order chi connectivity index (χ1) is 25.8. The molecule has 55 heavy (non-hydrogen) atoms. The minimum absolute atomic E-state index is 0.0290. The van der Waals surface area contributed by atoms with E-state index in [0.29, 0.717) is 22.8 Å². The number of halogens is 4. The number of rotatable bonds is 9. The molecular weight excluding hydrogens is 733 g/mol. The minimum Gasteiger partial charge on any atom is -0.478 e. The molecule has 4 N–H and O–H groups in total. The Balaban J connectivity index is 1.30. The number of alkyl halides is 3. The third-order valence-electron chi connectivity index (χ3n) is 9.66. The molecule has 0 atom stereocenters. The molecule has 0 bridgehead atoms. The molecular formula is C40H39F4N6O4Si+. The summed E-state index contributed by atoms with van der Waals surface area (Å²) >= 11 is 0. The Morgan fingerprint density at radius 1 is 0.982 bits per heavy atom. The summed E-state index contributed by atoms with van der Waals surface area (Å²) in [4.78, 5) is 35.2. The van der Waals surface area contributed by atoms with Crippen LogP contribution >= 0.6 is 0 Å². The number of nitrogens with two attached hydrogens (primary N) is 1. The van der Waals surface area contributed by atoms with Crippen molar-refractivity contribution in [1.82, 2.24) is 15.3 Å². The van der Waals surface area contributed by atoms with E-state index in [9.17, 15) is 27.9 Å². The molecule has 0 spiro atoms. The van der Waals surface area contributed by atoms with Crippen LogP contribution in [-0.2, 0) is 19.3 Å². The fourth-order valence-electron chi connectivity index (χ4n) is 6.67. The number of fused-ring (bicyclic) bond motifs is 2. The molecule has 0 fully saturated rings. The molecule has 284 valence electrons. The number of nitrogen functional groups attached to an aromatic ring is 1. The lowest BCUT2D eigenvalue weighted by Gasteiger charge is -2.38. The predicted octanol–water partition coefficient (Wildman–Crippen LogP) is 5.97. The largest absolute Gasteiger partial charge is 0.478 e. The average molecular weight is 772 g/mol. The van der Waals surface area contributed by atoms with E-state index in [0.717, 1.165) is 39.0 Å². The van der Waals surface area contributed by atoms with Gasteiger partial charge in [-0.1, -0.05) is 31.3 Å². The zero-order valence-electron chi connectivity index (χ0n) is 31.0. The lowest BCUT2D eigenvalue weighted by molar-refractivity contribution is -0.462. The van der Waals surface area contributed by atoms with Gasteiger partial charge in [-0.3, -0.25) is 4.79 Å². The van der Waals surface area contributed by atoms with Crippen molar-refractivity contribution >= 4 is 48.1 Å². The maximum Gasteiger partial charge on any atom is 0.433 e. The van der Waals surface area contributed by atoms with Crippen molar-refractivity contribution in [2.75, 3.05) is 38.8 Å². The van der Waals surface area contributed by atoms with Gasteiger partial charge in [0.15, 0.2) is 11.4 Å². The standard InChI is InChI=1S/C40H38F4N6O4Si/c1-49(2)25-10-13-28-32(17-25)55(5,6)33-18-26(50(3)4)11-14-29(33)36(28)30-16-23(9-12-27(30)38(52)53)37(51)46-20-24-8-7-22(15-31(24)41)21-54-35-19-34(40(42,43)44)47-39(45)48-35/h7-19H,20-21H2,1-6H3,(H3-,45,46,47,48,51,52,53)/p+1. The van der Waals surface area contributed by atoms with Gasteiger partial charge < -0.3 is 25.8 Å². The number of ether oxygens (including phenoxy) is 1. The molecule has 10 nitrogen and oxygen atoms in total. The van der Waals surface area contributed by atoms with Crippen molar-refractivity contribution in [1.29, 1.82) is 0 Å². The van der Waals surface area contributed by atoms with E-state index in [1.807, 2.05) is 62.0 Å². The third kappa shape index (κ3) is 7.78. The fourth-order valence-corrected chi connectivity index (χ4v) is 9.74. The Kier molecular flexibility index (Phi) is 10.3. The SMILES string of the molecule is CN(C)c1ccc2c(c1)[Si](C)(C)C1=CC(=[N+](C)C)C=CC1=C2c1cc(C(=O)NCc2ccc(COc3cc(C(F)(F)F)nc(N)n3)cc2F)ccc1C(=O)O. The number of carboxylic acid groups (broad SMARTS) is 1. The van der Waals surface area contributed by atoms with Crippen LogP contribution in [-0.4, -0.2) is 73.5 Å². The highest BCUT2D eigenvalue weighted by Crippen LogP contribution is 2.43. The number of carbonyl (C=O) groups is 2. The van der Waals surface area contributed by atoms with Gasteiger partial charge in [0.2, 0.25) is 11.8 Å². The molecule has 1 aliphatic carbocycles. The highest BCUT2D eigenvalue weighted by Gasteiger charge is 2.41. The average Bonchev–Trinajstić information content (AvgIpc) is 3.12. The predicted molar refractivity (Wildman–Crippen MR) is 205 cm³/mol. The first-order valence-electron chi connectivity index (χ1n) is 17.1. The number of aromatic carboxylic acids is 1. The molecule has 15 heteroatoms. The van der Waals surface area contributed by atoms with Crippen molar-refractivity contribution < 1.29 is 41.6 Å². The van der Waals surface area contributed by atoms with Crippen LogP contribution in [0.15, 0.2) is 89.7 Å². The molecule has 4 aromatic rings. The Bertz CT molecular complexity index is 2380. The van der Waals surface area contributed by atoms with Gasteiger partial charge in [-0.05, 0) is 80.7 Å². The topological polar surface area (TPSA) is 134 Å². The first-order valence-corrected chi connectivity index (χ1v) is 20.1. The normalized spacial score (nSPS) is 14.5. The molecule has 0 saturated carbocycles. The fraction of sp³-hybridized carbons (Fsp3) is 0.225. The van der Waals surface area contributed by atoms with Crippen molar-refractivity contribution in [2.45, 2.75) is 32.4 Å². The van der Waals surface area contributed by atoms with E-state index in [1.54, 1.807) is 6.07 Å². The van der Waals surface area contributed by atoms with Crippen LogP contribution in [0.25, 0.3) is 5.57 Å². The van der Waals surface area contributed by atoms with E-state index in [4.69, 9.17) is 10.5 Å². The maximum atomic E-state index is 15.2. The summed E-state index contributed by atoms with van der Waals surface area (Å²) in [6, 6.07) is 15.3. The van der Waals surface area contributed by atoms with Crippen molar-refractivity contribution in [3.63, 3.8) is 0 Å². The number of hydrogen-bond acceptors (Lipinski definition) is 7. The molecule has 0 saturated heterocycles. The lowest BCUT2D eigenvalue weighted by atomic mass is 9.86. The summed E-state index contributed by atoms with van der Waals surface area (Å²) in [5.41, 5.74) is 9.68. The number of carboxylic acids is 1. The molecule has 2 heterocycles. The van der Waals surface area contributed by atoms with Crippen molar-refractivity contribution in [3.8, 4) is 5.88 Å². The Labute approximate surface area is 316 Å². The molecule has 1 aromatic heterocycles. The molecule has 3 aromatic carbocycles. The number of hydrogen-bond donors (Lipinski definition) is 3. The summed E-state index contributed by atoms with van der Waals surface area (Å²) in [7, 11) is 5.55. The van der Waals surface area contributed by atoms with E-state index in [-0.39, 0.29) is 29.8 Å². The Hall–Kier alpha value is -6.09. The summed E-state index contributed by atoms with van der Waals surface area (Å²) in [5.74, 6) is -3.44. The summed E-state index contributed by atoms with van der Waals surface area (Å²) < 4.78 is 61.8. The second kappa shape index (κ2) is 14.6. The number of amides is 1. The molecule has 0 unspecified atom stereocenters.